The first-order valence-corrected chi connectivity index (χ1v) is 9.23. The van der Waals surface area contributed by atoms with Crippen molar-refractivity contribution < 1.29 is 24.6 Å². The summed E-state index contributed by atoms with van der Waals surface area (Å²) in [6.45, 7) is -0.0668. The van der Waals surface area contributed by atoms with Gasteiger partial charge in [0.1, 0.15) is 12.6 Å². The Morgan fingerprint density at radius 3 is 2.63 bits per heavy atom. The SMILES string of the molecule is NCCCC[C@H](N[C@H]1CC(Cl)c2ccccc2N(CC(=O)O)C1=O)C(=O)O. The molecule has 1 amide bonds. The van der Waals surface area contributed by atoms with E-state index >= 15 is 0 Å². The second-order valence-electron chi connectivity index (χ2n) is 6.47. The number of halogens is 1. The topological polar surface area (TPSA) is 133 Å². The average molecular weight is 398 g/mol. The second-order valence-corrected chi connectivity index (χ2v) is 7.00. The predicted octanol–water partition coefficient (Wildman–Crippen LogP) is 1.33. The maximum absolute atomic E-state index is 13.0. The quantitative estimate of drug-likeness (QED) is 0.365. The number of unbranched alkanes of at least 4 members (excludes halogenated alkanes) is 1. The van der Waals surface area contributed by atoms with E-state index in [0.717, 1.165) is 4.90 Å². The first-order chi connectivity index (χ1) is 12.8. The van der Waals surface area contributed by atoms with Crippen LogP contribution in [0.25, 0.3) is 0 Å². The Labute approximate surface area is 162 Å². The van der Waals surface area contributed by atoms with Crippen molar-refractivity contribution in [2.45, 2.75) is 43.1 Å². The van der Waals surface area contributed by atoms with Gasteiger partial charge in [0.2, 0.25) is 5.91 Å². The lowest BCUT2D eigenvalue weighted by Gasteiger charge is -2.26. The molecule has 0 spiro atoms. The van der Waals surface area contributed by atoms with Crippen LogP contribution in [0.15, 0.2) is 24.3 Å². The van der Waals surface area contributed by atoms with Crippen LogP contribution < -0.4 is 16.0 Å². The van der Waals surface area contributed by atoms with Crippen LogP contribution in [0, 0.1) is 0 Å². The second kappa shape index (κ2) is 9.68. The predicted molar refractivity (Wildman–Crippen MR) is 101 cm³/mol. The normalized spacial score (nSPS) is 20.7. The van der Waals surface area contributed by atoms with Crippen molar-refractivity contribution in [2.24, 2.45) is 5.73 Å². The molecule has 5 N–H and O–H groups in total. The summed E-state index contributed by atoms with van der Waals surface area (Å²) >= 11 is 6.47. The van der Waals surface area contributed by atoms with Crippen LogP contribution in [0.2, 0.25) is 0 Å². The van der Waals surface area contributed by atoms with Gasteiger partial charge >= 0.3 is 11.9 Å². The molecule has 1 aliphatic heterocycles. The number of anilines is 1. The maximum Gasteiger partial charge on any atom is 0.323 e. The van der Waals surface area contributed by atoms with Crippen molar-refractivity contribution in [3.63, 3.8) is 0 Å². The summed E-state index contributed by atoms with van der Waals surface area (Å²) in [6.07, 6.45) is 1.76. The molecule has 0 aromatic heterocycles. The number of hydrogen-bond donors (Lipinski definition) is 4. The Kier molecular flexibility index (Phi) is 7.58. The van der Waals surface area contributed by atoms with E-state index in [-0.39, 0.29) is 6.42 Å². The molecule has 1 unspecified atom stereocenters. The minimum absolute atomic E-state index is 0.161. The highest BCUT2D eigenvalue weighted by atomic mass is 35.5. The van der Waals surface area contributed by atoms with E-state index < -0.39 is 41.9 Å². The number of carboxylic acids is 2. The number of rotatable bonds is 9. The smallest absolute Gasteiger partial charge is 0.323 e. The van der Waals surface area contributed by atoms with E-state index in [1.165, 1.54) is 0 Å². The van der Waals surface area contributed by atoms with Gasteiger partial charge in [0, 0.05) is 5.69 Å². The Hall–Kier alpha value is -2.16. The van der Waals surface area contributed by atoms with Gasteiger partial charge in [-0.15, -0.1) is 11.6 Å². The van der Waals surface area contributed by atoms with Gasteiger partial charge in [-0.2, -0.15) is 0 Å². The van der Waals surface area contributed by atoms with Crippen LogP contribution in [0.5, 0.6) is 0 Å². The third kappa shape index (κ3) is 5.41. The highest BCUT2D eigenvalue weighted by Gasteiger charge is 2.37. The number of carboxylic acid groups (broad SMARTS) is 2. The third-order valence-electron chi connectivity index (χ3n) is 4.51. The number of amides is 1. The van der Waals surface area contributed by atoms with Crippen molar-refractivity contribution >= 4 is 35.1 Å². The summed E-state index contributed by atoms with van der Waals surface area (Å²) in [7, 11) is 0. The Bertz CT molecular complexity index is 699. The number of carbonyl (C=O) groups is 3. The maximum atomic E-state index is 13.0. The summed E-state index contributed by atoms with van der Waals surface area (Å²) in [5, 5.41) is 21.0. The first kappa shape index (κ1) is 21.1. The fourth-order valence-corrected chi connectivity index (χ4v) is 3.55. The molecule has 1 aromatic carbocycles. The fourth-order valence-electron chi connectivity index (χ4n) is 3.19. The highest BCUT2D eigenvalue weighted by molar-refractivity contribution is 6.22. The zero-order valence-corrected chi connectivity index (χ0v) is 15.6. The molecule has 0 bridgehead atoms. The van der Waals surface area contributed by atoms with E-state index in [9.17, 15) is 24.6 Å². The molecule has 1 aromatic rings. The molecule has 148 valence electrons. The molecule has 0 aliphatic carbocycles. The van der Waals surface area contributed by atoms with Crippen LogP contribution in [-0.2, 0) is 14.4 Å². The van der Waals surface area contributed by atoms with Crippen molar-refractivity contribution in [2.75, 3.05) is 18.0 Å². The lowest BCUT2D eigenvalue weighted by atomic mass is 10.0. The van der Waals surface area contributed by atoms with E-state index in [1.54, 1.807) is 24.3 Å². The number of alkyl halides is 1. The van der Waals surface area contributed by atoms with Gasteiger partial charge in [-0.05, 0) is 37.4 Å². The van der Waals surface area contributed by atoms with Crippen molar-refractivity contribution in [1.29, 1.82) is 0 Å². The van der Waals surface area contributed by atoms with Crippen molar-refractivity contribution in [3.05, 3.63) is 29.8 Å². The number of fused-ring (bicyclic) bond motifs is 1. The molecule has 1 aliphatic rings. The average Bonchev–Trinajstić information content (AvgIpc) is 2.71. The van der Waals surface area contributed by atoms with Crippen LogP contribution in [0.1, 0.15) is 36.6 Å². The summed E-state index contributed by atoms with van der Waals surface area (Å²) in [5.41, 5.74) is 6.53. The summed E-state index contributed by atoms with van der Waals surface area (Å²) in [5.74, 6) is -2.74. The van der Waals surface area contributed by atoms with Crippen LogP contribution >= 0.6 is 11.6 Å². The number of nitrogens with one attached hydrogen (secondary N) is 1. The van der Waals surface area contributed by atoms with Gasteiger partial charge in [0.15, 0.2) is 0 Å². The van der Waals surface area contributed by atoms with Gasteiger partial charge in [0.25, 0.3) is 0 Å². The molecule has 0 radical (unpaired) electrons. The zero-order valence-electron chi connectivity index (χ0n) is 14.8. The zero-order chi connectivity index (χ0) is 20.0. The summed E-state index contributed by atoms with van der Waals surface area (Å²) in [4.78, 5) is 37.0. The van der Waals surface area contributed by atoms with Gasteiger partial charge in [-0.25, -0.2) is 0 Å². The van der Waals surface area contributed by atoms with Crippen molar-refractivity contribution in [1.82, 2.24) is 5.32 Å². The third-order valence-corrected chi connectivity index (χ3v) is 4.93. The molecular formula is C18H24ClN3O5. The van der Waals surface area contributed by atoms with Crippen LogP contribution in [0.3, 0.4) is 0 Å². The molecule has 0 saturated heterocycles. The van der Waals surface area contributed by atoms with Gasteiger partial charge in [0.05, 0.1) is 11.4 Å². The molecular weight excluding hydrogens is 374 g/mol. The van der Waals surface area contributed by atoms with Crippen molar-refractivity contribution in [3.8, 4) is 0 Å². The van der Waals surface area contributed by atoms with E-state index in [2.05, 4.69) is 5.32 Å². The lowest BCUT2D eigenvalue weighted by molar-refractivity contribution is -0.140. The molecule has 9 heteroatoms. The summed E-state index contributed by atoms with van der Waals surface area (Å²) in [6, 6.07) is 5.00. The standard InChI is InChI=1S/C18H24ClN3O5/c19-12-9-14(21-13(18(26)27)6-3-4-8-20)17(25)22(10-16(23)24)15-7-2-1-5-11(12)15/h1-2,5,7,12-14,21H,3-4,6,8-10,20H2,(H,23,24)(H,26,27)/t12?,13-,14-/m0/s1. The number of carbonyl (C=O) groups excluding carboxylic acids is 1. The fraction of sp³-hybridized carbons (Fsp3) is 0.500. The van der Waals surface area contributed by atoms with Gasteiger partial charge < -0.3 is 15.9 Å². The number of nitrogens with two attached hydrogens (primary N) is 1. The minimum atomic E-state index is -1.16. The number of para-hydroxylation sites is 1. The molecule has 1 heterocycles. The molecule has 2 rings (SSSR count). The first-order valence-electron chi connectivity index (χ1n) is 8.80. The summed E-state index contributed by atoms with van der Waals surface area (Å²) < 4.78 is 0. The minimum Gasteiger partial charge on any atom is -0.480 e. The lowest BCUT2D eigenvalue weighted by Crippen LogP contribution is -2.52. The molecule has 0 saturated carbocycles. The number of hydrogen-bond acceptors (Lipinski definition) is 5. The Balaban J connectivity index is 2.28. The molecule has 27 heavy (non-hydrogen) atoms. The van der Waals surface area contributed by atoms with E-state index in [0.29, 0.717) is 37.1 Å². The molecule has 0 fully saturated rings. The molecule has 3 atom stereocenters. The molecule has 8 nitrogen and oxygen atoms in total. The van der Waals surface area contributed by atoms with E-state index in [1.807, 2.05) is 0 Å². The largest absolute Gasteiger partial charge is 0.480 e. The Morgan fingerprint density at radius 1 is 1.30 bits per heavy atom. The highest BCUT2D eigenvalue weighted by Crippen LogP contribution is 2.37. The monoisotopic (exact) mass is 397 g/mol. The van der Waals surface area contributed by atoms with Gasteiger partial charge in [-0.3, -0.25) is 24.6 Å². The number of benzene rings is 1. The van der Waals surface area contributed by atoms with Crippen LogP contribution in [-0.4, -0.2) is 53.2 Å². The number of aliphatic carboxylic acids is 2. The van der Waals surface area contributed by atoms with E-state index in [4.69, 9.17) is 17.3 Å². The van der Waals surface area contributed by atoms with Crippen LogP contribution in [0.4, 0.5) is 5.69 Å². The number of nitrogens with zero attached hydrogens (tertiary/aromatic N) is 1. The Morgan fingerprint density at radius 2 is 2.00 bits per heavy atom. The van der Waals surface area contributed by atoms with Gasteiger partial charge in [-0.1, -0.05) is 24.6 Å².